The van der Waals surface area contributed by atoms with Gasteiger partial charge in [0.1, 0.15) is 5.69 Å². The van der Waals surface area contributed by atoms with Gasteiger partial charge in [-0.05, 0) is 26.2 Å². The first kappa shape index (κ1) is 13.8. The molecule has 2 heterocycles. The van der Waals surface area contributed by atoms with Crippen LogP contribution in [0.5, 0.6) is 0 Å². The molecule has 0 saturated carbocycles. The maximum absolute atomic E-state index is 11.2. The van der Waals surface area contributed by atoms with Crippen LogP contribution in [0.25, 0.3) is 0 Å². The number of aliphatic hydroxyl groups is 1. The molecule has 0 unspecified atom stereocenters. The summed E-state index contributed by atoms with van der Waals surface area (Å²) < 4.78 is 1.73. The highest BCUT2D eigenvalue weighted by Crippen LogP contribution is 2.33. The minimum absolute atomic E-state index is 0.102. The van der Waals surface area contributed by atoms with Gasteiger partial charge >= 0.3 is 5.69 Å². The number of hydrogen-bond donors (Lipinski definition) is 1. The molecule has 1 N–H and O–H groups in total. The first-order chi connectivity index (χ1) is 9.04. The van der Waals surface area contributed by atoms with E-state index in [1.807, 2.05) is 11.8 Å². The summed E-state index contributed by atoms with van der Waals surface area (Å²) in [5.41, 5.74) is 0.560. The van der Waals surface area contributed by atoms with Gasteiger partial charge in [0.25, 0.3) is 0 Å². The standard InChI is InChI=1S/C12H20N4O3/c1-3-6-15-12(11(16(18)19)9(2)13-15)14-7-4-10(17)5-8-14/h10,17H,3-8H2,1-2H3. The highest BCUT2D eigenvalue weighted by atomic mass is 16.6. The van der Waals surface area contributed by atoms with E-state index in [4.69, 9.17) is 0 Å². The van der Waals surface area contributed by atoms with Crippen LogP contribution in [0.15, 0.2) is 0 Å². The van der Waals surface area contributed by atoms with E-state index in [2.05, 4.69) is 5.10 Å². The van der Waals surface area contributed by atoms with Gasteiger partial charge in [-0.15, -0.1) is 0 Å². The van der Waals surface area contributed by atoms with Gasteiger partial charge in [-0.3, -0.25) is 10.1 Å². The van der Waals surface area contributed by atoms with E-state index in [0.717, 1.165) is 6.42 Å². The van der Waals surface area contributed by atoms with Crippen molar-refractivity contribution in [1.29, 1.82) is 0 Å². The van der Waals surface area contributed by atoms with Gasteiger partial charge < -0.3 is 10.0 Å². The van der Waals surface area contributed by atoms with Gasteiger partial charge in [0.15, 0.2) is 0 Å². The van der Waals surface area contributed by atoms with Crippen molar-refractivity contribution in [2.24, 2.45) is 0 Å². The van der Waals surface area contributed by atoms with Crippen LogP contribution in [0.4, 0.5) is 11.5 Å². The van der Waals surface area contributed by atoms with Crippen molar-refractivity contribution in [2.45, 2.75) is 45.8 Å². The molecule has 1 aromatic rings. The predicted octanol–water partition coefficient (Wildman–Crippen LogP) is 1.47. The number of rotatable bonds is 4. The lowest BCUT2D eigenvalue weighted by Crippen LogP contribution is -2.37. The van der Waals surface area contributed by atoms with Crippen LogP contribution in [-0.4, -0.2) is 39.0 Å². The lowest BCUT2D eigenvalue weighted by atomic mass is 10.1. The molecule has 1 aliphatic heterocycles. The molecule has 7 heteroatoms. The molecule has 1 aromatic heterocycles. The Bertz CT molecular complexity index is 464. The summed E-state index contributed by atoms with van der Waals surface area (Å²) >= 11 is 0. The average Bonchev–Trinajstić information content (AvgIpc) is 2.67. The molecule has 2 rings (SSSR count). The molecule has 0 radical (unpaired) electrons. The maximum Gasteiger partial charge on any atom is 0.333 e. The molecule has 0 aromatic carbocycles. The number of nitro groups is 1. The Morgan fingerprint density at radius 1 is 1.47 bits per heavy atom. The van der Waals surface area contributed by atoms with Crippen LogP contribution in [0.3, 0.4) is 0 Å². The summed E-state index contributed by atoms with van der Waals surface area (Å²) in [5, 5.41) is 25.1. The summed E-state index contributed by atoms with van der Waals surface area (Å²) in [4.78, 5) is 12.9. The largest absolute Gasteiger partial charge is 0.393 e. The van der Waals surface area contributed by atoms with Crippen molar-refractivity contribution >= 4 is 11.5 Å². The monoisotopic (exact) mass is 268 g/mol. The zero-order valence-corrected chi connectivity index (χ0v) is 11.4. The van der Waals surface area contributed by atoms with Gasteiger partial charge in [0, 0.05) is 19.6 Å². The fourth-order valence-corrected chi connectivity index (χ4v) is 2.53. The Morgan fingerprint density at radius 2 is 2.11 bits per heavy atom. The SMILES string of the molecule is CCCn1nc(C)c([N+](=O)[O-])c1N1CCC(O)CC1. The summed E-state index contributed by atoms with van der Waals surface area (Å²) in [6.45, 7) is 5.63. The predicted molar refractivity (Wildman–Crippen MR) is 71.4 cm³/mol. The van der Waals surface area contributed by atoms with E-state index in [9.17, 15) is 15.2 Å². The first-order valence-electron chi connectivity index (χ1n) is 6.69. The fraction of sp³-hybridized carbons (Fsp3) is 0.750. The third-order valence-corrected chi connectivity index (χ3v) is 3.45. The van der Waals surface area contributed by atoms with E-state index in [-0.39, 0.29) is 16.7 Å². The number of aryl methyl sites for hydroxylation is 2. The second-order valence-electron chi connectivity index (χ2n) is 4.96. The fourth-order valence-electron chi connectivity index (χ4n) is 2.53. The van der Waals surface area contributed by atoms with E-state index in [1.54, 1.807) is 11.6 Å². The maximum atomic E-state index is 11.2. The molecule has 19 heavy (non-hydrogen) atoms. The van der Waals surface area contributed by atoms with Crippen molar-refractivity contribution in [2.75, 3.05) is 18.0 Å². The van der Waals surface area contributed by atoms with Gasteiger partial charge in [-0.25, -0.2) is 4.68 Å². The Labute approximate surface area is 112 Å². The molecule has 1 saturated heterocycles. The number of piperidine rings is 1. The molecule has 1 fully saturated rings. The third-order valence-electron chi connectivity index (χ3n) is 3.45. The minimum Gasteiger partial charge on any atom is -0.393 e. The van der Waals surface area contributed by atoms with Crippen molar-refractivity contribution in [1.82, 2.24) is 9.78 Å². The van der Waals surface area contributed by atoms with Crippen molar-refractivity contribution in [3.8, 4) is 0 Å². The zero-order chi connectivity index (χ0) is 14.0. The van der Waals surface area contributed by atoms with Gasteiger partial charge in [-0.1, -0.05) is 6.92 Å². The summed E-state index contributed by atoms with van der Waals surface area (Å²) in [6, 6.07) is 0. The van der Waals surface area contributed by atoms with E-state index >= 15 is 0 Å². The summed E-state index contributed by atoms with van der Waals surface area (Å²) in [7, 11) is 0. The Hall–Kier alpha value is -1.63. The van der Waals surface area contributed by atoms with Crippen LogP contribution in [-0.2, 0) is 6.54 Å². The number of anilines is 1. The van der Waals surface area contributed by atoms with E-state index in [1.165, 1.54) is 0 Å². The molecule has 0 amide bonds. The van der Waals surface area contributed by atoms with Crippen LogP contribution in [0.2, 0.25) is 0 Å². The molecule has 0 bridgehead atoms. The Kier molecular flexibility index (Phi) is 4.04. The molecular weight excluding hydrogens is 248 g/mol. The van der Waals surface area contributed by atoms with Crippen molar-refractivity contribution < 1.29 is 10.0 Å². The van der Waals surface area contributed by atoms with Gasteiger partial charge in [-0.2, -0.15) is 5.10 Å². The topological polar surface area (TPSA) is 84.4 Å². The number of nitrogens with zero attached hydrogens (tertiary/aromatic N) is 4. The normalized spacial score (nSPS) is 16.9. The second-order valence-corrected chi connectivity index (χ2v) is 4.96. The Balaban J connectivity index is 2.37. The summed E-state index contributed by atoms with van der Waals surface area (Å²) in [6.07, 6.45) is 1.88. The lowest BCUT2D eigenvalue weighted by molar-refractivity contribution is -0.384. The second kappa shape index (κ2) is 5.56. The van der Waals surface area contributed by atoms with Gasteiger partial charge in [0.2, 0.25) is 5.82 Å². The average molecular weight is 268 g/mol. The van der Waals surface area contributed by atoms with E-state index in [0.29, 0.717) is 44.0 Å². The molecule has 7 nitrogen and oxygen atoms in total. The number of aliphatic hydroxyl groups excluding tert-OH is 1. The van der Waals surface area contributed by atoms with E-state index < -0.39 is 0 Å². The van der Waals surface area contributed by atoms with Crippen LogP contribution < -0.4 is 4.90 Å². The molecule has 0 aliphatic carbocycles. The quantitative estimate of drug-likeness (QED) is 0.660. The third kappa shape index (κ3) is 2.70. The summed E-state index contributed by atoms with van der Waals surface area (Å²) in [5.74, 6) is 0.594. The molecular formula is C12H20N4O3. The molecule has 1 aliphatic rings. The molecule has 0 spiro atoms. The molecule has 0 atom stereocenters. The van der Waals surface area contributed by atoms with Crippen LogP contribution in [0, 0.1) is 17.0 Å². The van der Waals surface area contributed by atoms with Crippen molar-refractivity contribution in [3.05, 3.63) is 15.8 Å². The first-order valence-corrected chi connectivity index (χ1v) is 6.69. The number of aromatic nitrogens is 2. The van der Waals surface area contributed by atoms with Crippen molar-refractivity contribution in [3.63, 3.8) is 0 Å². The highest BCUT2D eigenvalue weighted by Gasteiger charge is 2.31. The minimum atomic E-state index is -0.352. The van der Waals surface area contributed by atoms with Crippen LogP contribution >= 0.6 is 0 Å². The zero-order valence-electron chi connectivity index (χ0n) is 11.4. The van der Waals surface area contributed by atoms with Crippen LogP contribution in [0.1, 0.15) is 31.9 Å². The van der Waals surface area contributed by atoms with Gasteiger partial charge in [0.05, 0.1) is 11.0 Å². The molecule has 106 valence electrons. The number of hydrogen-bond acceptors (Lipinski definition) is 5. The Morgan fingerprint density at radius 3 is 2.63 bits per heavy atom. The smallest absolute Gasteiger partial charge is 0.333 e. The lowest BCUT2D eigenvalue weighted by Gasteiger charge is -2.30. The highest BCUT2D eigenvalue weighted by molar-refractivity contribution is 5.61.